The van der Waals surface area contributed by atoms with Gasteiger partial charge >= 0.3 is 0 Å². The van der Waals surface area contributed by atoms with Gasteiger partial charge in [0.25, 0.3) is 5.91 Å². The van der Waals surface area contributed by atoms with Crippen molar-refractivity contribution in [3.63, 3.8) is 0 Å². The molecule has 2 bridgehead atoms. The van der Waals surface area contributed by atoms with E-state index in [1.807, 2.05) is 36.4 Å². The molecule has 1 saturated heterocycles. The van der Waals surface area contributed by atoms with Crippen LogP contribution < -0.4 is 10.1 Å². The number of rotatable bonds is 4. The second kappa shape index (κ2) is 10.8. The van der Waals surface area contributed by atoms with E-state index < -0.39 is 17.1 Å². The molecular formula is C32H34N3O4Y-. The van der Waals surface area contributed by atoms with Crippen molar-refractivity contribution < 1.29 is 52.5 Å². The number of aliphatic hydroxyl groups is 1. The van der Waals surface area contributed by atoms with Gasteiger partial charge in [0.2, 0.25) is 0 Å². The number of benzene rings is 2. The molecule has 1 aromatic heterocycles. The molecule has 5 aliphatic rings. The molecule has 2 aromatic carbocycles. The molecule has 7 nitrogen and oxygen atoms in total. The number of pyridine rings is 1. The first-order valence-corrected chi connectivity index (χ1v) is 14.1. The Kier molecular flexibility index (Phi) is 7.53. The second-order valence-corrected chi connectivity index (χ2v) is 11.7. The molecule has 3 aromatic rings. The fraction of sp³-hybridized carbons (Fsp3) is 0.438. The number of aromatic nitrogens is 1. The first kappa shape index (κ1) is 27.8. The SMILES string of the molecule is O=C(N[C@@H]1CC[C@@]2(O)[C@H]3Cc4ccc(O)c5c4[C@@]2(CCN3CC2CC2)[C@H]1O5)c1ccncc1.[Y].[c-]1ccccc1. The van der Waals surface area contributed by atoms with Crippen LogP contribution in [0, 0.1) is 12.0 Å². The van der Waals surface area contributed by atoms with Crippen molar-refractivity contribution in [3.8, 4) is 11.5 Å². The van der Waals surface area contributed by atoms with E-state index >= 15 is 0 Å². The van der Waals surface area contributed by atoms with Gasteiger partial charge in [0.15, 0.2) is 11.5 Å². The van der Waals surface area contributed by atoms with E-state index in [9.17, 15) is 15.0 Å². The second-order valence-electron chi connectivity index (χ2n) is 11.7. The zero-order valence-corrected chi connectivity index (χ0v) is 25.3. The van der Waals surface area contributed by atoms with Crippen LogP contribution in [0.3, 0.4) is 0 Å². The zero-order valence-electron chi connectivity index (χ0n) is 22.5. The van der Waals surface area contributed by atoms with Crippen molar-refractivity contribution in [1.82, 2.24) is 15.2 Å². The molecule has 40 heavy (non-hydrogen) atoms. The number of hydrogen-bond donors (Lipinski definition) is 3. The molecule has 3 heterocycles. The molecule has 1 spiro atoms. The molecule has 2 aliphatic heterocycles. The van der Waals surface area contributed by atoms with Crippen LogP contribution in [0.25, 0.3) is 0 Å². The number of aromatic hydroxyl groups is 1. The monoisotopic (exact) mass is 613 g/mol. The summed E-state index contributed by atoms with van der Waals surface area (Å²) in [5.74, 6) is 1.23. The molecule has 5 atom stereocenters. The molecular weight excluding hydrogens is 579 g/mol. The number of hydrogen-bond acceptors (Lipinski definition) is 6. The molecule has 0 unspecified atom stereocenters. The van der Waals surface area contributed by atoms with Crippen molar-refractivity contribution in [1.29, 1.82) is 0 Å². The minimum Gasteiger partial charge on any atom is -0.504 e. The number of likely N-dealkylation sites (tertiary alicyclic amines) is 1. The van der Waals surface area contributed by atoms with E-state index in [0.29, 0.717) is 24.2 Å². The van der Waals surface area contributed by atoms with E-state index in [-0.39, 0.29) is 56.4 Å². The van der Waals surface area contributed by atoms with Crippen LogP contribution in [0.4, 0.5) is 0 Å². The summed E-state index contributed by atoms with van der Waals surface area (Å²) in [6.45, 7) is 1.96. The van der Waals surface area contributed by atoms with Gasteiger partial charge in [-0.25, -0.2) is 0 Å². The van der Waals surface area contributed by atoms with Gasteiger partial charge in [0, 0.05) is 68.8 Å². The summed E-state index contributed by atoms with van der Waals surface area (Å²) in [6, 6.07) is 19.4. The van der Waals surface area contributed by atoms with Gasteiger partial charge in [-0.1, -0.05) is 6.07 Å². The standard InChI is InChI=1S/C26H29N3O4.C6H5.Y/c30-19-4-3-17-13-20-26(32)8-5-18(28-24(31)16-6-10-27-11-7-16)23-25(26,21(17)22(19)33-23)9-12-29(20)14-15-1-2-15;1-2-4-6-5-3-1;/h3-4,6-7,10-11,15,18,20,23,30,32H,1-2,5,8-9,12-14H2,(H,28,31);1-5H;/q;-1;/t18-,20-,23+,25+,26-;;/m1../s1. The molecule has 8 heteroatoms. The van der Waals surface area contributed by atoms with E-state index in [1.54, 1.807) is 30.6 Å². The summed E-state index contributed by atoms with van der Waals surface area (Å²) in [6.07, 6.45) is 8.18. The summed E-state index contributed by atoms with van der Waals surface area (Å²) in [5, 5.41) is 26.4. The molecule has 3 N–H and O–H groups in total. The van der Waals surface area contributed by atoms with Crippen LogP contribution in [0.2, 0.25) is 0 Å². The fourth-order valence-corrected chi connectivity index (χ4v) is 7.73. The number of piperidine rings is 1. The Morgan fingerprint density at radius 3 is 2.55 bits per heavy atom. The first-order chi connectivity index (χ1) is 19.0. The van der Waals surface area contributed by atoms with Crippen molar-refractivity contribution in [3.05, 3.63) is 89.7 Å². The molecule has 8 rings (SSSR count). The third-order valence-corrected chi connectivity index (χ3v) is 9.63. The van der Waals surface area contributed by atoms with Crippen LogP contribution in [0.1, 0.15) is 53.6 Å². The summed E-state index contributed by atoms with van der Waals surface area (Å²) in [5.41, 5.74) is 1.16. The number of nitrogens with zero attached hydrogens (tertiary/aromatic N) is 2. The number of phenols is 1. The number of nitrogens with one attached hydrogen (secondary N) is 1. The predicted molar refractivity (Wildman–Crippen MR) is 146 cm³/mol. The quantitative estimate of drug-likeness (QED) is 0.390. The Hall–Kier alpha value is -2.32. The Morgan fingerprint density at radius 2 is 1.88 bits per heavy atom. The van der Waals surface area contributed by atoms with Crippen LogP contribution >= 0.6 is 0 Å². The Bertz CT molecular complexity index is 1340. The Balaban J connectivity index is 0.000000370. The zero-order chi connectivity index (χ0) is 26.6. The van der Waals surface area contributed by atoms with Crippen molar-refractivity contribution in [2.75, 3.05) is 13.1 Å². The van der Waals surface area contributed by atoms with Gasteiger partial charge in [0.05, 0.1) is 17.1 Å². The maximum Gasteiger partial charge on any atom is 0.251 e. The van der Waals surface area contributed by atoms with E-state index in [1.165, 1.54) is 18.4 Å². The van der Waals surface area contributed by atoms with Gasteiger partial charge < -0.3 is 20.3 Å². The minimum atomic E-state index is -0.936. The fourth-order valence-electron chi connectivity index (χ4n) is 7.73. The minimum absolute atomic E-state index is 0. The van der Waals surface area contributed by atoms with Crippen molar-refractivity contribution >= 4 is 5.91 Å². The molecule has 1 amide bonds. The first-order valence-electron chi connectivity index (χ1n) is 14.1. The molecule has 1 radical (unpaired) electrons. The average Bonchev–Trinajstić information content (AvgIpc) is 3.71. The number of phenolic OH excluding ortho intramolecular Hbond substituents is 1. The van der Waals surface area contributed by atoms with Crippen molar-refractivity contribution in [2.24, 2.45) is 5.92 Å². The molecule has 2 saturated carbocycles. The smallest absolute Gasteiger partial charge is 0.251 e. The summed E-state index contributed by atoms with van der Waals surface area (Å²) >= 11 is 0. The van der Waals surface area contributed by atoms with Gasteiger partial charge in [-0.3, -0.25) is 14.7 Å². The Labute approximate surface area is 260 Å². The van der Waals surface area contributed by atoms with Crippen molar-refractivity contribution in [2.45, 2.75) is 67.7 Å². The maximum atomic E-state index is 13.0. The molecule has 3 aliphatic carbocycles. The van der Waals surface area contributed by atoms with E-state index in [4.69, 9.17) is 4.74 Å². The average molecular weight is 614 g/mol. The van der Waals surface area contributed by atoms with Gasteiger partial charge in [-0.2, -0.15) is 36.4 Å². The number of amides is 1. The topological polar surface area (TPSA) is 94.9 Å². The summed E-state index contributed by atoms with van der Waals surface area (Å²) in [4.78, 5) is 19.5. The van der Waals surface area contributed by atoms with E-state index in [2.05, 4.69) is 21.3 Å². The van der Waals surface area contributed by atoms with E-state index in [0.717, 1.165) is 37.4 Å². The summed E-state index contributed by atoms with van der Waals surface area (Å²) in [7, 11) is 0. The van der Waals surface area contributed by atoms with Crippen LogP contribution in [-0.4, -0.2) is 62.9 Å². The third kappa shape index (κ3) is 4.41. The predicted octanol–water partition coefficient (Wildman–Crippen LogP) is 3.63. The van der Waals surface area contributed by atoms with Gasteiger partial charge in [-0.05, 0) is 74.8 Å². The van der Waals surface area contributed by atoms with Crippen LogP contribution in [0.15, 0.2) is 67.0 Å². The van der Waals surface area contributed by atoms with Crippen LogP contribution in [0.5, 0.6) is 11.5 Å². The van der Waals surface area contributed by atoms with Crippen LogP contribution in [-0.2, 0) is 44.5 Å². The molecule has 3 fully saturated rings. The van der Waals surface area contributed by atoms with Gasteiger partial charge in [-0.15, -0.1) is 0 Å². The summed E-state index contributed by atoms with van der Waals surface area (Å²) < 4.78 is 6.50. The Morgan fingerprint density at radius 1 is 1.10 bits per heavy atom. The number of ether oxygens (including phenoxy) is 1. The molecule has 205 valence electrons. The van der Waals surface area contributed by atoms with Gasteiger partial charge in [0.1, 0.15) is 6.10 Å². The normalized spacial score (nSPS) is 31.0. The third-order valence-electron chi connectivity index (χ3n) is 9.63. The number of carbonyl (C=O) groups excluding carboxylic acids is 1. The maximum absolute atomic E-state index is 13.0. The number of carbonyl (C=O) groups is 1. The largest absolute Gasteiger partial charge is 0.504 e.